The number of carbonyl (C=O) groups excluding carboxylic acids is 1. The van der Waals surface area contributed by atoms with E-state index in [0.717, 1.165) is 12.0 Å². The molecular formula is C18H23FN4O2. The van der Waals surface area contributed by atoms with Gasteiger partial charge in [-0.1, -0.05) is 6.07 Å². The summed E-state index contributed by atoms with van der Waals surface area (Å²) < 4.78 is 15.9. The molecule has 1 aromatic carbocycles. The summed E-state index contributed by atoms with van der Waals surface area (Å²) in [6.45, 7) is 3.90. The van der Waals surface area contributed by atoms with Gasteiger partial charge >= 0.3 is 6.03 Å². The number of aryl methyl sites for hydroxylation is 1. The summed E-state index contributed by atoms with van der Waals surface area (Å²) in [7, 11) is 0. The van der Waals surface area contributed by atoms with Crippen LogP contribution in [0.1, 0.15) is 43.4 Å². The highest BCUT2D eigenvalue weighted by molar-refractivity contribution is 5.74. The fraction of sp³-hybridized carbons (Fsp3) is 0.444. The second-order valence-electron chi connectivity index (χ2n) is 6.80. The van der Waals surface area contributed by atoms with E-state index >= 15 is 0 Å². The Hall–Kier alpha value is -2.41. The third-order valence-corrected chi connectivity index (χ3v) is 4.64. The van der Waals surface area contributed by atoms with Gasteiger partial charge in [-0.3, -0.25) is 0 Å². The fourth-order valence-electron chi connectivity index (χ4n) is 2.86. The van der Waals surface area contributed by atoms with Gasteiger partial charge in [0, 0.05) is 12.7 Å². The highest BCUT2D eigenvalue weighted by atomic mass is 19.1. The number of rotatable bonds is 5. The predicted octanol–water partition coefficient (Wildman–Crippen LogP) is 2.60. The number of hydrogen-bond acceptors (Lipinski definition) is 3. The number of nitrogens with one attached hydrogen (secondary N) is 2. The van der Waals surface area contributed by atoms with Crippen LogP contribution < -0.4 is 10.6 Å². The number of aliphatic hydroxyl groups is 1. The third kappa shape index (κ3) is 3.99. The Morgan fingerprint density at radius 1 is 1.48 bits per heavy atom. The van der Waals surface area contributed by atoms with Crippen molar-refractivity contribution in [3.8, 4) is 5.69 Å². The fourth-order valence-corrected chi connectivity index (χ4v) is 2.86. The maximum atomic E-state index is 14.4. The molecular weight excluding hydrogens is 323 g/mol. The minimum atomic E-state index is -0.768. The molecule has 1 aliphatic rings. The van der Waals surface area contributed by atoms with E-state index in [1.807, 2.05) is 6.92 Å². The van der Waals surface area contributed by atoms with E-state index in [9.17, 15) is 14.3 Å². The van der Waals surface area contributed by atoms with E-state index in [1.165, 1.54) is 10.7 Å². The first-order valence-electron chi connectivity index (χ1n) is 8.44. The molecule has 1 heterocycles. The first kappa shape index (κ1) is 17.4. The maximum Gasteiger partial charge on any atom is 0.315 e. The highest BCUT2D eigenvalue weighted by Gasteiger charge is 2.34. The van der Waals surface area contributed by atoms with Crippen molar-refractivity contribution in [2.24, 2.45) is 0 Å². The molecule has 7 heteroatoms. The Morgan fingerprint density at radius 2 is 2.24 bits per heavy atom. The Labute approximate surface area is 146 Å². The molecule has 0 radical (unpaired) electrons. The lowest BCUT2D eigenvalue weighted by molar-refractivity contribution is -0.0290. The van der Waals surface area contributed by atoms with Crippen LogP contribution in [0.5, 0.6) is 0 Å². The van der Waals surface area contributed by atoms with Crippen LogP contribution in [0, 0.1) is 12.7 Å². The van der Waals surface area contributed by atoms with Crippen molar-refractivity contribution < 1.29 is 14.3 Å². The molecule has 3 rings (SSSR count). The van der Waals surface area contributed by atoms with E-state index in [4.69, 9.17) is 0 Å². The smallest absolute Gasteiger partial charge is 0.315 e. The SMILES string of the molecule is Cc1cnn(-c2ccc(C(C)NC(=O)NCC3(O)CCC3)cc2F)c1. The van der Waals surface area contributed by atoms with Gasteiger partial charge in [-0.25, -0.2) is 13.9 Å². The first-order valence-corrected chi connectivity index (χ1v) is 8.44. The average Bonchev–Trinajstić information content (AvgIpc) is 2.97. The lowest BCUT2D eigenvalue weighted by Crippen LogP contribution is -2.50. The Bertz CT molecular complexity index is 770. The number of urea groups is 1. The van der Waals surface area contributed by atoms with Gasteiger partial charge in [0.15, 0.2) is 0 Å². The second-order valence-corrected chi connectivity index (χ2v) is 6.80. The Morgan fingerprint density at radius 3 is 2.80 bits per heavy atom. The van der Waals surface area contributed by atoms with Gasteiger partial charge in [-0.05, 0) is 56.4 Å². The molecule has 134 valence electrons. The summed E-state index contributed by atoms with van der Waals surface area (Å²) in [5.74, 6) is -0.404. The maximum absolute atomic E-state index is 14.4. The molecule has 2 amide bonds. The van der Waals surface area contributed by atoms with Crippen molar-refractivity contribution in [1.29, 1.82) is 0 Å². The van der Waals surface area contributed by atoms with Crippen LogP contribution in [0.15, 0.2) is 30.6 Å². The van der Waals surface area contributed by atoms with Crippen molar-refractivity contribution >= 4 is 6.03 Å². The minimum absolute atomic E-state index is 0.234. The van der Waals surface area contributed by atoms with Gasteiger partial charge in [0.1, 0.15) is 11.5 Å². The van der Waals surface area contributed by atoms with Gasteiger partial charge in [-0.15, -0.1) is 0 Å². The van der Waals surface area contributed by atoms with E-state index in [-0.39, 0.29) is 18.6 Å². The Kier molecular flexibility index (Phi) is 4.76. The van der Waals surface area contributed by atoms with E-state index in [1.54, 1.807) is 31.5 Å². The molecule has 3 N–H and O–H groups in total. The largest absolute Gasteiger partial charge is 0.388 e. The molecule has 0 aliphatic heterocycles. The van der Waals surface area contributed by atoms with Crippen LogP contribution in [-0.4, -0.2) is 33.1 Å². The second kappa shape index (κ2) is 6.84. The average molecular weight is 346 g/mol. The zero-order valence-corrected chi connectivity index (χ0v) is 14.4. The number of aromatic nitrogens is 2. The number of benzene rings is 1. The standard InChI is InChI=1S/C18H23FN4O2/c1-12-9-21-23(10-12)16-5-4-14(8-15(16)19)13(2)22-17(24)20-11-18(25)6-3-7-18/h4-5,8-10,13,25H,3,6-7,11H2,1-2H3,(H2,20,22,24). The zero-order chi connectivity index (χ0) is 18.0. The molecule has 1 fully saturated rings. The topological polar surface area (TPSA) is 79.2 Å². The molecule has 0 saturated heterocycles. The van der Waals surface area contributed by atoms with Gasteiger partial charge in [0.2, 0.25) is 0 Å². The number of amides is 2. The third-order valence-electron chi connectivity index (χ3n) is 4.64. The minimum Gasteiger partial charge on any atom is -0.388 e. The van der Waals surface area contributed by atoms with Crippen molar-refractivity contribution in [2.45, 2.75) is 44.8 Å². The van der Waals surface area contributed by atoms with E-state index < -0.39 is 11.4 Å². The summed E-state index contributed by atoms with van der Waals surface area (Å²) in [5, 5.41) is 19.5. The number of hydrogen-bond donors (Lipinski definition) is 3. The molecule has 1 atom stereocenters. The molecule has 1 aromatic heterocycles. The monoisotopic (exact) mass is 346 g/mol. The molecule has 6 nitrogen and oxygen atoms in total. The van der Waals surface area contributed by atoms with Crippen LogP contribution in [0.4, 0.5) is 9.18 Å². The predicted molar refractivity (Wildman–Crippen MR) is 92.0 cm³/mol. The van der Waals surface area contributed by atoms with Gasteiger partial charge in [0.25, 0.3) is 0 Å². The summed E-state index contributed by atoms with van der Waals surface area (Å²) in [6.07, 6.45) is 5.82. The normalized spacial score (nSPS) is 16.8. The molecule has 1 unspecified atom stereocenters. The molecule has 2 aromatic rings. The van der Waals surface area contributed by atoms with E-state index in [2.05, 4.69) is 15.7 Å². The molecule has 0 bridgehead atoms. The van der Waals surface area contributed by atoms with Crippen LogP contribution in [0.3, 0.4) is 0 Å². The molecule has 25 heavy (non-hydrogen) atoms. The van der Waals surface area contributed by atoms with Crippen LogP contribution in [0.2, 0.25) is 0 Å². The summed E-state index contributed by atoms with van der Waals surface area (Å²) in [4.78, 5) is 11.9. The van der Waals surface area contributed by atoms with Gasteiger partial charge in [0.05, 0.1) is 17.8 Å². The molecule has 1 saturated carbocycles. The summed E-state index contributed by atoms with van der Waals surface area (Å²) >= 11 is 0. The summed E-state index contributed by atoms with van der Waals surface area (Å²) in [6, 6.07) is 4.07. The Balaban J connectivity index is 1.61. The van der Waals surface area contributed by atoms with Crippen molar-refractivity contribution in [3.05, 3.63) is 47.5 Å². The molecule has 1 aliphatic carbocycles. The van der Waals surface area contributed by atoms with Gasteiger partial charge in [-0.2, -0.15) is 5.10 Å². The number of halogens is 1. The highest BCUT2D eigenvalue weighted by Crippen LogP contribution is 2.30. The lowest BCUT2D eigenvalue weighted by atomic mass is 9.80. The van der Waals surface area contributed by atoms with Crippen LogP contribution in [-0.2, 0) is 0 Å². The zero-order valence-electron chi connectivity index (χ0n) is 14.4. The van der Waals surface area contributed by atoms with Gasteiger partial charge < -0.3 is 15.7 Å². The molecule has 0 spiro atoms. The number of nitrogens with zero attached hydrogens (tertiary/aromatic N) is 2. The summed E-state index contributed by atoms with van der Waals surface area (Å²) in [5.41, 5.74) is 1.20. The lowest BCUT2D eigenvalue weighted by Gasteiger charge is -2.36. The van der Waals surface area contributed by atoms with E-state index in [0.29, 0.717) is 24.1 Å². The van der Waals surface area contributed by atoms with Crippen LogP contribution >= 0.6 is 0 Å². The number of carbonyl (C=O) groups is 1. The van der Waals surface area contributed by atoms with Crippen molar-refractivity contribution in [1.82, 2.24) is 20.4 Å². The van der Waals surface area contributed by atoms with Crippen LogP contribution in [0.25, 0.3) is 5.69 Å². The van der Waals surface area contributed by atoms with Crippen molar-refractivity contribution in [2.75, 3.05) is 6.54 Å². The first-order chi connectivity index (χ1) is 11.9. The van der Waals surface area contributed by atoms with Crippen molar-refractivity contribution in [3.63, 3.8) is 0 Å². The quantitative estimate of drug-likeness (QED) is 0.779.